The molecule has 3 nitrogen and oxygen atoms in total. The molecule has 0 spiro atoms. The van der Waals surface area contributed by atoms with Crippen LogP contribution >= 0.6 is 0 Å². The second kappa shape index (κ2) is 3.84. The van der Waals surface area contributed by atoms with E-state index in [1.54, 1.807) is 0 Å². The van der Waals surface area contributed by atoms with Gasteiger partial charge in [-0.2, -0.15) is 5.26 Å². The topological polar surface area (TPSA) is 53.2 Å². The van der Waals surface area contributed by atoms with Gasteiger partial charge in [0.05, 0.1) is 23.2 Å². The normalized spacial score (nSPS) is 32.5. The third-order valence-corrected chi connectivity index (χ3v) is 3.12. The van der Waals surface area contributed by atoms with E-state index in [9.17, 15) is 9.50 Å². The molecule has 1 rings (SSSR count). The van der Waals surface area contributed by atoms with Gasteiger partial charge in [-0.05, 0) is 26.7 Å². The first-order valence-corrected chi connectivity index (χ1v) is 4.77. The van der Waals surface area contributed by atoms with Crippen LogP contribution in [0.1, 0.15) is 26.7 Å². The van der Waals surface area contributed by atoms with Crippen molar-refractivity contribution in [3.8, 4) is 6.07 Å². The minimum atomic E-state index is -1.06. The first-order valence-electron chi connectivity index (χ1n) is 4.77. The van der Waals surface area contributed by atoms with Gasteiger partial charge in [0.15, 0.2) is 0 Å². The average Bonchev–Trinajstić information content (AvgIpc) is 2.42. The van der Waals surface area contributed by atoms with Crippen LogP contribution in [-0.4, -0.2) is 30.1 Å². The molecule has 1 N–H and O–H groups in total. The van der Waals surface area contributed by atoms with Gasteiger partial charge in [0.25, 0.3) is 0 Å². The summed E-state index contributed by atoms with van der Waals surface area (Å²) < 4.78 is 17.6. The van der Waals surface area contributed by atoms with Crippen LogP contribution in [0.2, 0.25) is 0 Å². The summed E-state index contributed by atoms with van der Waals surface area (Å²) in [5, 5.41) is 18.4. The lowest BCUT2D eigenvalue weighted by atomic mass is 9.71. The Bertz CT molecular complexity index is 249. The summed E-state index contributed by atoms with van der Waals surface area (Å²) in [6.45, 7) is 3.32. The van der Waals surface area contributed by atoms with Gasteiger partial charge in [-0.25, -0.2) is 4.39 Å². The molecule has 0 aromatic rings. The van der Waals surface area contributed by atoms with Gasteiger partial charge in [0.1, 0.15) is 6.67 Å². The molecular formula is C10H16FNO2. The maximum absolute atomic E-state index is 12.2. The lowest BCUT2D eigenvalue weighted by Gasteiger charge is -2.34. The van der Waals surface area contributed by atoms with Gasteiger partial charge in [-0.15, -0.1) is 0 Å². The highest BCUT2D eigenvalue weighted by Gasteiger charge is 2.51. The van der Waals surface area contributed by atoms with Crippen LogP contribution in [-0.2, 0) is 4.74 Å². The predicted molar refractivity (Wildman–Crippen MR) is 49.3 cm³/mol. The van der Waals surface area contributed by atoms with Crippen molar-refractivity contribution in [2.24, 2.45) is 5.41 Å². The zero-order chi connectivity index (χ0) is 10.8. The molecule has 2 atom stereocenters. The van der Waals surface area contributed by atoms with E-state index >= 15 is 0 Å². The monoisotopic (exact) mass is 201 g/mol. The molecule has 14 heavy (non-hydrogen) atoms. The Labute approximate surface area is 83.5 Å². The minimum Gasteiger partial charge on any atom is -0.390 e. The Kier molecular flexibility index (Phi) is 3.13. The maximum Gasteiger partial charge on any atom is 0.115 e. The number of nitrogens with zero attached hydrogens (tertiary/aromatic N) is 1. The third-order valence-electron chi connectivity index (χ3n) is 3.12. The van der Waals surface area contributed by atoms with Crippen molar-refractivity contribution in [3.05, 3.63) is 0 Å². The molecule has 1 heterocycles. The number of ether oxygens (including phenoxy) is 1. The molecule has 0 aliphatic carbocycles. The first-order chi connectivity index (χ1) is 6.47. The molecule has 1 fully saturated rings. The molecule has 0 amide bonds. The lowest BCUT2D eigenvalue weighted by molar-refractivity contribution is -0.0311. The van der Waals surface area contributed by atoms with Gasteiger partial charge in [-0.1, -0.05) is 0 Å². The second-order valence-electron chi connectivity index (χ2n) is 4.31. The molecule has 0 aromatic carbocycles. The highest BCUT2D eigenvalue weighted by molar-refractivity contribution is 5.12. The van der Waals surface area contributed by atoms with Gasteiger partial charge >= 0.3 is 0 Å². The summed E-state index contributed by atoms with van der Waals surface area (Å²) in [5.74, 6) is 0. The number of hydrogen-bond donors (Lipinski definition) is 1. The van der Waals surface area contributed by atoms with Crippen LogP contribution in [0, 0.1) is 16.7 Å². The van der Waals surface area contributed by atoms with Crippen molar-refractivity contribution in [2.45, 2.75) is 38.4 Å². The largest absolute Gasteiger partial charge is 0.390 e. The van der Waals surface area contributed by atoms with Crippen molar-refractivity contribution >= 4 is 0 Å². The smallest absolute Gasteiger partial charge is 0.115 e. The van der Waals surface area contributed by atoms with E-state index in [-0.39, 0.29) is 6.42 Å². The van der Waals surface area contributed by atoms with Crippen molar-refractivity contribution in [1.29, 1.82) is 5.26 Å². The summed E-state index contributed by atoms with van der Waals surface area (Å²) in [4.78, 5) is 0. The fourth-order valence-electron chi connectivity index (χ4n) is 1.96. The molecule has 1 aliphatic heterocycles. The lowest BCUT2D eigenvalue weighted by Crippen LogP contribution is -2.41. The van der Waals surface area contributed by atoms with Gasteiger partial charge < -0.3 is 9.84 Å². The number of hydrogen-bond acceptors (Lipinski definition) is 3. The molecule has 80 valence electrons. The maximum atomic E-state index is 12.2. The molecule has 0 aromatic heterocycles. The molecule has 1 saturated heterocycles. The van der Waals surface area contributed by atoms with Gasteiger partial charge in [0.2, 0.25) is 0 Å². The molecule has 0 radical (unpaired) electrons. The minimum absolute atomic E-state index is 0.146. The summed E-state index contributed by atoms with van der Waals surface area (Å²) in [7, 11) is 0. The quantitative estimate of drug-likeness (QED) is 0.751. The zero-order valence-electron chi connectivity index (χ0n) is 8.59. The van der Waals surface area contributed by atoms with E-state index in [2.05, 4.69) is 6.07 Å². The zero-order valence-corrected chi connectivity index (χ0v) is 8.59. The Balaban J connectivity index is 2.82. The van der Waals surface area contributed by atoms with Gasteiger partial charge in [-0.3, -0.25) is 0 Å². The fraction of sp³-hybridized carbons (Fsp3) is 0.900. The van der Waals surface area contributed by atoms with E-state index < -0.39 is 23.8 Å². The Morgan fingerprint density at radius 1 is 1.64 bits per heavy atom. The summed E-state index contributed by atoms with van der Waals surface area (Å²) in [6, 6.07) is 2.18. The summed E-state index contributed by atoms with van der Waals surface area (Å²) in [5.41, 5.74) is -1.35. The highest BCUT2D eigenvalue weighted by atomic mass is 19.1. The third kappa shape index (κ3) is 1.75. The van der Waals surface area contributed by atoms with E-state index in [1.807, 2.05) is 13.8 Å². The highest BCUT2D eigenvalue weighted by Crippen LogP contribution is 2.46. The Morgan fingerprint density at radius 3 is 2.64 bits per heavy atom. The molecular weight excluding hydrogens is 185 g/mol. The standard InChI is InChI=1S/C10H16FNO2/c1-9(2)10(7-12,3-4-14-9)5-8(13)6-11/h8,13H,3-6H2,1-2H3. The number of aliphatic hydroxyl groups excluding tert-OH is 1. The number of halogens is 1. The Hall–Kier alpha value is -0.660. The molecule has 1 aliphatic rings. The van der Waals surface area contributed by atoms with E-state index in [1.165, 1.54) is 0 Å². The number of rotatable bonds is 3. The first kappa shape index (κ1) is 11.4. The van der Waals surface area contributed by atoms with Gasteiger partial charge in [0, 0.05) is 6.61 Å². The van der Waals surface area contributed by atoms with E-state index in [0.29, 0.717) is 13.0 Å². The van der Waals surface area contributed by atoms with E-state index in [4.69, 9.17) is 10.00 Å². The second-order valence-corrected chi connectivity index (χ2v) is 4.31. The number of aliphatic hydroxyl groups is 1. The van der Waals surface area contributed by atoms with Crippen molar-refractivity contribution < 1.29 is 14.2 Å². The van der Waals surface area contributed by atoms with Crippen LogP contribution < -0.4 is 0 Å². The van der Waals surface area contributed by atoms with Crippen LogP contribution in [0.4, 0.5) is 4.39 Å². The van der Waals surface area contributed by atoms with E-state index in [0.717, 1.165) is 0 Å². The Morgan fingerprint density at radius 2 is 2.29 bits per heavy atom. The van der Waals surface area contributed by atoms with Crippen molar-refractivity contribution in [2.75, 3.05) is 13.3 Å². The predicted octanol–water partition coefficient (Wildman–Crippen LogP) is 1.42. The van der Waals surface area contributed by atoms with Crippen molar-refractivity contribution in [3.63, 3.8) is 0 Å². The van der Waals surface area contributed by atoms with Crippen LogP contribution in [0.5, 0.6) is 0 Å². The van der Waals surface area contributed by atoms with Crippen molar-refractivity contribution in [1.82, 2.24) is 0 Å². The van der Waals surface area contributed by atoms with Crippen LogP contribution in [0.3, 0.4) is 0 Å². The van der Waals surface area contributed by atoms with Crippen LogP contribution in [0.25, 0.3) is 0 Å². The molecule has 2 unspecified atom stereocenters. The summed E-state index contributed by atoms with van der Waals surface area (Å²) >= 11 is 0. The molecule has 4 heteroatoms. The number of nitriles is 1. The SMILES string of the molecule is CC1(C)OCCC1(C#N)CC(O)CF. The fourth-order valence-corrected chi connectivity index (χ4v) is 1.96. The molecule has 0 saturated carbocycles. The number of alkyl halides is 1. The average molecular weight is 201 g/mol. The molecule has 0 bridgehead atoms. The van der Waals surface area contributed by atoms with Crippen LogP contribution in [0.15, 0.2) is 0 Å². The summed E-state index contributed by atoms with van der Waals surface area (Å²) in [6.07, 6.45) is -0.351.